The Bertz CT molecular complexity index is 354. The lowest BCUT2D eigenvalue weighted by atomic mass is 10.1. The molecule has 1 atom stereocenters. The summed E-state index contributed by atoms with van der Waals surface area (Å²) in [5, 5.41) is 0.866. The van der Waals surface area contributed by atoms with Crippen LogP contribution >= 0.6 is 23.2 Å². The van der Waals surface area contributed by atoms with Gasteiger partial charge in [0.25, 0.3) is 0 Å². The van der Waals surface area contributed by atoms with Gasteiger partial charge >= 0.3 is 0 Å². The van der Waals surface area contributed by atoms with E-state index in [-0.39, 0.29) is 0 Å². The molecular weight excluding hydrogens is 253 g/mol. The van der Waals surface area contributed by atoms with Gasteiger partial charge in [-0.05, 0) is 31.0 Å². The molecule has 17 heavy (non-hydrogen) atoms. The van der Waals surface area contributed by atoms with Crippen LogP contribution in [-0.4, -0.2) is 23.4 Å². The second-order valence-electron chi connectivity index (χ2n) is 4.72. The highest BCUT2D eigenvalue weighted by molar-refractivity contribution is 6.31. The lowest BCUT2D eigenvalue weighted by molar-refractivity contribution is 0.207. The van der Waals surface area contributed by atoms with Gasteiger partial charge in [-0.1, -0.05) is 42.6 Å². The van der Waals surface area contributed by atoms with E-state index in [1.54, 1.807) is 0 Å². The van der Waals surface area contributed by atoms with Gasteiger partial charge in [0.05, 0.1) is 0 Å². The van der Waals surface area contributed by atoms with Crippen LogP contribution in [0.2, 0.25) is 5.02 Å². The van der Waals surface area contributed by atoms with Crippen LogP contribution in [0, 0.1) is 0 Å². The first-order chi connectivity index (χ1) is 8.31. The van der Waals surface area contributed by atoms with Gasteiger partial charge in [0.15, 0.2) is 0 Å². The van der Waals surface area contributed by atoms with Crippen LogP contribution in [0.5, 0.6) is 0 Å². The Hall–Kier alpha value is -0.240. The highest BCUT2D eigenvalue weighted by Crippen LogP contribution is 2.23. The quantitative estimate of drug-likeness (QED) is 0.740. The van der Waals surface area contributed by atoms with E-state index in [1.807, 2.05) is 12.1 Å². The zero-order valence-corrected chi connectivity index (χ0v) is 11.6. The Labute approximate surface area is 114 Å². The fourth-order valence-corrected chi connectivity index (χ4v) is 3.01. The van der Waals surface area contributed by atoms with Crippen molar-refractivity contribution in [2.24, 2.45) is 0 Å². The average molecular weight is 272 g/mol. The monoisotopic (exact) mass is 271 g/mol. The number of rotatable bonds is 3. The Morgan fingerprint density at radius 2 is 2.00 bits per heavy atom. The Morgan fingerprint density at radius 3 is 2.76 bits per heavy atom. The van der Waals surface area contributed by atoms with E-state index in [9.17, 15) is 0 Å². The maximum absolute atomic E-state index is 6.22. The van der Waals surface area contributed by atoms with Crippen molar-refractivity contribution in [1.82, 2.24) is 4.90 Å². The summed E-state index contributed by atoms with van der Waals surface area (Å²) < 4.78 is 0. The largest absolute Gasteiger partial charge is 0.295 e. The molecule has 0 aliphatic carbocycles. The summed E-state index contributed by atoms with van der Waals surface area (Å²) >= 11 is 12.3. The molecule has 94 valence electrons. The minimum absolute atomic E-state index is 0.510. The van der Waals surface area contributed by atoms with Crippen LogP contribution in [0.25, 0.3) is 0 Å². The molecule has 1 aliphatic heterocycles. The molecule has 0 saturated carbocycles. The molecule has 1 nitrogen and oxygen atoms in total. The van der Waals surface area contributed by atoms with Crippen molar-refractivity contribution in [2.75, 3.05) is 12.4 Å². The van der Waals surface area contributed by atoms with Crippen molar-refractivity contribution in [3.8, 4) is 0 Å². The molecule has 3 heteroatoms. The number of benzene rings is 1. The van der Waals surface area contributed by atoms with E-state index in [2.05, 4.69) is 17.0 Å². The SMILES string of the molecule is ClCC1CCCCCN1Cc1ccccc1Cl. The molecular formula is C14H19Cl2N. The number of likely N-dealkylation sites (tertiary alicyclic amines) is 1. The van der Waals surface area contributed by atoms with Gasteiger partial charge in [0, 0.05) is 23.5 Å². The van der Waals surface area contributed by atoms with E-state index < -0.39 is 0 Å². The zero-order valence-electron chi connectivity index (χ0n) is 10.0. The number of halogens is 2. The predicted octanol–water partition coefficient (Wildman–Crippen LogP) is 4.32. The van der Waals surface area contributed by atoms with Crippen molar-refractivity contribution >= 4 is 23.2 Å². The highest BCUT2D eigenvalue weighted by Gasteiger charge is 2.20. The molecule has 1 heterocycles. The molecule has 0 N–H and O–H groups in total. The van der Waals surface area contributed by atoms with Gasteiger partial charge in [0.1, 0.15) is 0 Å². The Balaban J connectivity index is 2.07. The fourth-order valence-electron chi connectivity index (χ4n) is 2.47. The summed E-state index contributed by atoms with van der Waals surface area (Å²) in [4.78, 5) is 2.49. The van der Waals surface area contributed by atoms with Crippen molar-refractivity contribution < 1.29 is 0 Å². The Morgan fingerprint density at radius 1 is 1.18 bits per heavy atom. The first-order valence-electron chi connectivity index (χ1n) is 6.34. The summed E-state index contributed by atoms with van der Waals surface area (Å²) in [5.41, 5.74) is 1.21. The van der Waals surface area contributed by atoms with Gasteiger partial charge in [-0.3, -0.25) is 4.90 Å². The normalized spacial score (nSPS) is 22.4. The predicted molar refractivity (Wildman–Crippen MR) is 74.8 cm³/mol. The molecule has 1 aromatic carbocycles. The third-order valence-corrected chi connectivity index (χ3v) is 4.23. The smallest absolute Gasteiger partial charge is 0.0451 e. The third kappa shape index (κ3) is 3.61. The topological polar surface area (TPSA) is 3.24 Å². The lowest BCUT2D eigenvalue weighted by Gasteiger charge is -2.28. The average Bonchev–Trinajstić information content (AvgIpc) is 2.57. The second-order valence-corrected chi connectivity index (χ2v) is 5.44. The van der Waals surface area contributed by atoms with Crippen LogP contribution < -0.4 is 0 Å². The first kappa shape index (κ1) is 13.2. The molecule has 1 aromatic rings. The molecule has 1 saturated heterocycles. The van der Waals surface area contributed by atoms with E-state index in [4.69, 9.17) is 23.2 Å². The minimum atomic E-state index is 0.510. The van der Waals surface area contributed by atoms with Crippen molar-refractivity contribution in [3.05, 3.63) is 34.9 Å². The molecule has 0 aromatic heterocycles. The third-order valence-electron chi connectivity index (χ3n) is 3.51. The first-order valence-corrected chi connectivity index (χ1v) is 7.26. The van der Waals surface area contributed by atoms with Crippen LogP contribution in [-0.2, 0) is 6.54 Å². The van der Waals surface area contributed by atoms with Crippen LogP contribution in [0.15, 0.2) is 24.3 Å². The van der Waals surface area contributed by atoms with Crippen molar-refractivity contribution in [1.29, 1.82) is 0 Å². The van der Waals surface area contributed by atoms with Crippen molar-refractivity contribution in [3.63, 3.8) is 0 Å². The van der Waals surface area contributed by atoms with E-state index >= 15 is 0 Å². The van der Waals surface area contributed by atoms with Gasteiger partial charge < -0.3 is 0 Å². The van der Waals surface area contributed by atoms with E-state index in [0.717, 1.165) is 24.0 Å². The maximum Gasteiger partial charge on any atom is 0.0451 e. The summed E-state index contributed by atoms with van der Waals surface area (Å²) in [6, 6.07) is 8.61. The summed E-state index contributed by atoms with van der Waals surface area (Å²) in [6.45, 7) is 2.07. The number of hydrogen-bond acceptors (Lipinski definition) is 1. The molecule has 1 aliphatic rings. The number of nitrogens with zero attached hydrogens (tertiary/aromatic N) is 1. The maximum atomic E-state index is 6.22. The highest BCUT2D eigenvalue weighted by atomic mass is 35.5. The molecule has 0 radical (unpaired) electrons. The molecule has 0 spiro atoms. The van der Waals surface area contributed by atoms with Crippen molar-refractivity contribution in [2.45, 2.75) is 38.3 Å². The molecule has 0 amide bonds. The second kappa shape index (κ2) is 6.63. The van der Waals surface area contributed by atoms with Crippen LogP contribution in [0.3, 0.4) is 0 Å². The van der Waals surface area contributed by atoms with E-state index in [0.29, 0.717) is 6.04 Å². The van der Waals surface area contributed by atoms with Gasteiger partial charge in [-0.25, -0.2) is 0 Å². The fraction of sp³-hybridized carbons (Fsp3) is 0.571. The van der Waals surface area contributed by atoms with Gasteiger partial charge in [0.2, 0.25) is 0 Å². The zero-order chi connectivity index (χ0) is 12.1. The lowest BCUT2D eigenvalue weighted by Crippen LogP contribution is -2.35. The minimum Gasteiger partial charge on any atom is -0.295 e. The molecule has 1 unspecified atom stereocenters. The van der Waals surface area contributed by atoms with Gasteiger partial charge in [-0.2, -0.15) is 0 Å². The number of hydrogen-bond donors (Lipinski definition) is 0. The summed E-state index contributed by atoms with van der Waals surface area (Å²) in [7, 11) is 0. The Kier molecular flexibility index (Phi) is 5.15. The van der Waals surface area contributed by atoms with Crippen LogP contribution in [0.4, 0.5) is 0 Å². The number of alkyl halides is 1. The summed E-state index contributed by atoms with van der Waals surface area (Å²) in [5.74, 6) is 0.727. The van der Waals surface area contributed by atoms with Gasteiger partial charge in [-0.15, -0.1) is 11.6 Å². The molecule has 1 fully saturated rings. The summed E-state index contributed by atoms with van der Waals surface area (Å²) in [6.07, 6.45) is 5.12. The standard InChI is InChI=1S/C14H19Cl2N/c15-10-13-7-2-1-5-9-17(13)11-12-6-3-4-8-14(12)16/h3-4,6,8,13H,1-2,5,7,9-11H2. The van der Waals surface area contributed by atoms with Crippen LogP contribution in [0.1, 0.15) is 31.2 Å². The molecule has 2 rings (SSSR count). The van der Waals surface area contributed by atoms with E-state index in [1.165, 1.54) is 31.2 Å². The molecule has 0 bridgehead atoms.